The first kappa shape index (κ1) is 10.1. The summed E-state index contributed by atoms with van der Waals surface area (Å²) in [4.78, 5) is 11.7. The van der Waals surface area contributed by atoms with E-state index in [0.29, 0.717) is 17.2 Å². The van der Waals surface area contributed by atoms with Crippen LogP contribution in [0, 0.1) is 0 Å². The molecule has 0 unspecified atom stereocenters. The number of aromatic nitrogens is 2. The minimum absolute atomic E-state index is 0.282. The highest BCUT2D eigenvalue weighted by Crippen LogP contribution is 2.12. The molecule has 6 heteroatoms. The van der Waals surface area contributed by atoms with Crippen LogP contribution in [-0.4, -0.2) is 29.3 Å². The summed E-state index contributed by atoms with van der Waals surface area (Å²) in [7, 11) is 1.54. The van der Waals surface area contributed by atoms with E-state index in [2.05, 4.69) is 9.59 Å². The molecule has 0 aromatic carbocycles. The van der Waals surface area contributed by atoms with Crippen LogP contribution in [0.25, 0.3) is 0 Å². The zero-order valence-corrected chi connectivity index (χ0v) is 8.26. The first-order valence-corrected chi connectivity index (χ1v) is 4.54. The average molecular weight is 202 g/mol. The number of hydrogen-bond acceptors (Lipinski definition) is 6. The van der Waals surface area contributed by atoms with E-state index in [1.165, 1.54) is 7.11 Å². The maximum absolute atomic E-state index is 11.3. The molecule has 0 aliphatic carbocycles. The Kier molecular flexibility index (Phi) is 3.78. The normalized spacial score (nSPS) is 10.0. The van der Waals surface area contributed by atoms with Gasteiger partial charge in [0.2, 0.25) is 0 Å². The lowest BCUT2D eigenvalue weighted by Crippen LogP contribution is -2.06. The highest BCUT2D eigenvalue weighted by Gasteiger charge is 2.16. The van der Waals surface area contributed by atoms with Crippen molar-refractivity contribution in [2.45, 2.75) is 13.5 Å². The molecule has 0 radical (unpaired) electrons. The predicted octanol–water partition coefficient (Wildman–Crippen LogP) is 0.861. The van der Waals surface area contributed by atoms with Crippen molar-refractivity contribution in [3.63, 3.8) is 0 Å². The van der Waals surface area contributed by atoms with E-state index in [-0.39, 0.29) is 12.6 Å². The van der Waals surface area contributed by atoms with Crippen molar-refractivity contribution in [1.29, 1.82) is 0 Å². The van der Waals surface area contributed by atoms with Crippen molar-refractivity contribution in [2.24, 2.45) is 0 Å². The Morgan fingerprint density at radius 1 is 1.62 bits per heavy atom. The summed E-state index contributed by atoms with van der Waals surface area (Å²) < 4.78 is 13.3. The van der Waals surface area contributed by atoms with Gasteiger partial charge in [-0.25, -0.2) is 4.79 Å². The number of nitrogens with zero attached hydrogens (tertiary/aromatic N) is 2. The van der Waals surface area contributed by atoms with Gasteiger partial charge in [0.15, 0.2) is 4.88 Å². The van der Waals surface area contributed by atoms with E-state index in [1.807, 2.05) is 0 Å². The lowest BCUT2D eigenvalue weighted by atomic mass is 10.4. The number of methoxy groups -OCH3 is 1. The quantitative estimate of drug-likeness (QED) is 0.678. The molecule has 0 bridgehead atoms. The lowest BCUT2D eigenvalue weighted by molar-refractivity contribution is 0.0527. The highest BCUT2D eigenvalue weighted by atomic mass is 32.1. The predicted molar refractivity (Wildman–Crippen MR) is 46.6 cm³/mol. The van der Waals surface area contributed by atoms with E-state index in [9.17, 15) is 4.79 Å². The minimum atomic E-state index is -0.385. The van der Waals surface area contributed by atoms with Crippen molar-refractivity contribution in [2.75, 3.05) is 13.7 Å². The number of carbonyl (C=O) groups excluding carboxylic acids is 1. The number of carbonyl (C=O) groups is 1. The van der Waals surface area contributed by atoms with Gasteiger partial charge in [-0.3, -0.25) is 0 Å². The molecule has 0 N–H and O–H groups in total. The van der Waals surface area contributed by atoms with Crippen molar-refractivity contribution in [3.05, 3.63) is 10.6 Å². The standard InChI is InChI=1S/C7H10N2O3S/c1-3-12-7(10)6-5(4-11-2)8-9-13-6/h3-4H2,1-2H3. The van der Waals surface area contributed by atoms with Crippen LogP contribution < -0.4 is 0 Å². The first-order valence-electron chi connectivity index (χ1n) is 3.76. The first-order chi connectivity index (χ1) is 6.29. The van der Waals surface area contributed by atoms with Gasteiger partial charge >= 0.3 is 5.97 Å². The largest absolute Gasteiger partial charge is 0.462 e. The van der Waals surface area contributed by atoms with E-state index < -0.39 is 0 Å². The molecule has 0 aliphatic heterocycles. The third-order valence-electron chi connectivity index (χ3n) is 1.30. The Hall–Kier alpha value is -1.01. The Morgan fingerprint density at radius 2 is 2.38 bits per heavy atom. The Balaban J connectivity index is 2.74. The van der Waals surface area contributed by atoms with Gasteiger partial charge in [0.25, 0.3) is 0 Å². The van der Waals surface area contributed by atoms with Crippen LogP contribution in [0.1, 0.15) is 22.3 Å². The number of ether oxygens (including phenoxy) is 2. The van der Waals surface area contributed by atoms with Crippen LogP contribution in [0.3, 0.4) is 0 Å². The molecule has 1 aromatic rings. The average Bonchev–Trinajstić information content (AvgIpc) is 2.54. The molecule has 13 heavy (non-hydrogen) atoms. The molecule has 0 atom stereocenters. The zero-order valence-electron chi connectivity index (χ0n) is 7.44. The fraction of sp³-hybridized carbons (Fsp3) is 0.571. The molecule has 0 fully saturated rings. The summed E-state index contributed by atoms with van der Waals surface area (Å²) in [6.07, 6.45) is 0. The van der Waals surface area contributed by atoms with Gasteiger partial charge in [-0.2, -0.15) is 0 Å². The molecular formula is C7H10N2O3S. The lowest BCUT2D eigenvalue weighted by Gasteiger charge is -1.99. The van der Waals surface area contributed by atoms with Crippen molar-refractivity contribution >= 4 is 17.5 Å². The fourth-order valence-electron chi connectivity index (χ4n) is 0.791. The van der Waals surface area contributed by atoms with Crippen LogP contribution in [0.4, 0.5) is 0 Å². The molecular weight excluding hydrogens is 192 g/mol. The summed E-state index contributed by atoms with van der Waals surface area (Å²) >= 11 is 1.02. The van der Waals surface area contributed by atoms with Crippen LogP contribution in [-0.2, 0) is 16.1 Å². The van der Waals surface area contributed by atoms with Gasteiger partial charge in [0.1, 0.15) is 5.69 Å². The van der Waals surface area contributed by atoms with E-state index in [4.69, 9.17) is 9.47 Å². The number of rotatable bonds is 4. The maximum atomic E-state index is 11.3. The molecule has 72 valence electrons. The SMILES string of the molecule is CCOC(=O)c1snnc1COC. The highest BCUT2D eigenvalue weighted by molar-refractivity contribution is 7.07. The summed E-state index contributed by atoms with van der Waals surface area (Å²) in [5.74, 6) is -0.385. The molecule has 0 spiro atoms. The minimum Gasteiger partial charge on any atom is -0.462 e. The molecule has 0 aliphatic rings. The summed E-state index contributed by atoms with van der Waals surface area (Å²) in [5, 5.41) is 3.75. The van der Waals surface area contributed by atoms with Gasteiger partial charge in [-0.15, -0.1) is 5.10 Å². The monoisotopic (exact) mass is 202 g/mol. The maximum Gasteiger partial charge on any atom is 0.352 e. The smallest absolute Gasteiger partial charge is 0.352 e. The van der Waals surface area contributed by atoms with Crippen LogP contribution in [0.2, 0.25) is 0 Å². The molecule has 5 nitrogen and oxygen atoms in total. The van der Waals surface area contributed by atoms with Crippen LogP contribution in [0.15, 0.2) is 0 Å². The third kappa shape index (κ3) is 2.46. The molecule has 0 amide bonds. The summed E-state index contributed by atoms with van der Waals surface area (Å²) in [6, 6.07) is 0. The molecule has 0 saturated carbocycles. The zero-order chi connectivity index (χ0) is 9.68. The van der Waals surface area contributed by atoms with Gasteiger partial charge in [0.05, 0.1) is 13.2 Å². The van der Waals surface area contributed by atoms with E-state index in [0.717, 1.165) is 11.5 Å². The molecule has 1 heterocycles. The second kappa shape index (κ2) is 4.88. The van der Waals surface area contributed by atoms with Crippen LogP contribution in [0.5, 0.6) is 0 Å². The molecule has 0 saturated heterocycles. The van der Waals surface area contributed by atoms with Gasteiger partial charge in [-0.05, 0) is 18.5 Å². The Bertz CT molecular complexity index is 287. The van der Waals surface area contributed by atoms with E-state index >= 15 is 0 Å². The Labute approximate surface area is 79.8 Å². The topological polar surface area (TPSA) is 61.3 Å². The van der Waals surface area contributed by atoms with Gasteiger partial charge < -0.3 is 9.47 Å². The summed E-state index contributed by atoms with van der Waals surface area (Å²) in [5.41, 5.74) is 0.533. The van der Waals surface area contributed by atoms with E-state index in [1.54, 1.807) is 6.92 Å². The second-order valence-electron chi connectivity index (χ2n) is 2.20. The second-order valence-corrected chi connectivity index (χ2v) is 2.96. The van der Waals surface area contributed by atoms with Crippen molar-refractivity contribution in [1.82, 2.24) is 9.59 Å². The van der Waals surface area contributed by atoms with Crippen molar-refractivity contribution in [3.8, 4) is 0 Å². The fourth-order valence-corrected chi connectivity index (χ4v) is 1.35. The van der Waals surface area contributed by atoms with Crippen molar-refractivity contribution < 1.29 is 14.3 Å². The molecule has 1 aromatic heterocycles. The third-order valence-corrected chi connectivity index (χ3v) is 2.05. The van der Waals surface area contributed by atoms with Gasteiger partial charge in [0, 0.05) is 7.11 Å². The Morgan fingerprint density at radius 3 is 3.00 bits per heavy atom. The molecule has 1 rings (SSSR count). The van der Waals surface area contributed by atoms with Gasteiger partial charge in [-0.1, -0.05) is 4.49 Å². The number of hydrogen-bond donors (Lipinski definition) is 0. The van der Waals surface area contributed by atoms with Crippen LogP contribution >= 0.6 is 11.5 Å². The summed E-state index contributed by atoms with van der Waals surface area (Å²) in [6.45, 7) is 2.39. The number of esters is 1.